The second-order valence-electron chi connectivity index (χ2n) is 5.26. The highest BCUT2D eigenvalue weighted by Crippen LogP contribution is 2.14. The molecule has 0 radical (unpaired) electrons. The summed E-state index contributed by atoms with van der Waals surface area (Å²) in [6.45, 7) is 0.674. The van der Waals surface area contributed by atoms with Crippen LogP contribution in [0.5, 0.6) is 0 Å². The molecule has 1 aromatic rings. The van der Waals surface area contributed by atoms with Gasteiger partial charge in [-0.2, -0.15) is 0 Å². The summed E-state index contributed by atoms with van der Waals surface area (Å²) in [5.41, 5.74) is 1.50. The van der Waals surface area contributed by atoms with E-state index in [0.29, 0.717) is 12.1 Å². The van der Waals surface area contributed by atoms with Crippen LogP contribution in [-0.2, 0) is 11.3 Å². The van der Waals surface area contributed by atoms with Crippen LogP contribution < -0.4 is 10.6 Å². The zero-order chi connectivity index (χ0) is 15.4. The van der Waals surface area contributed by atoms with Gasteiger partial charge in [0.1, 0.15) is 6.17 Å². The highest BCUT2D eigenvalue weighted by molar-refractivity contribution is 5.93. The number of carbonyl (C=O) groups excluding carboxylic acids is 2. The molecule has 5 nitrogen and oxygen atoms in total. The summed E-state index contributed by atoms with van der Waals surface area (Å²) in [7, 11) is 3.28. The van der Waals surface area contributed by atoms with Crippen molar-refractivity contribution in [1.82, 2.24) is 15.5 Å². The van der Waals surface area contributed by atoms with Gasteiger partial charge in [-0.25, -0.2) is 4.39 Å². The van der Waals surface area contributed by atoms with Gasteiger partial charge in [0.2, 0.25) is 5.91 Å². The number of rotatable bonds is 4. The number of nitrogens with zero attached hydrogens (tertiary/aromatic N) is 1. The number of likely N-dealkylation sites (N-methyl/N-ethyl adjacent to an activating group) is 1. The highest BCUT2D eigenvalue weighted by Gasteiger charge is 2.30. The molecule has 2 atom stereocenters. The summed E-state index contributed by atoms with van der Waals surface area (Å²) in [4.78, 5) is 25.2. The summed E-state index contributed by atoms with van der Waals surface area (Å²) in [6.07, 6.45) is -0.710. The van der Waals surface area contributed by atoms with Crippen molar-refractivity contribution in [3.63, 3.8) is 0 Å². The van der Waals surface area contributed by atoms with Crippen LogP contribution in [0.4, 0.5) is 4.39 Å². The first-order valence-electron chi connectivity index (χ1n) is 6.94. The molecule has 1 heterocycles. The van der Waals surface area contributed by atoms with Crippen LogP contribution in [0.1, 0.15) is 22.3 Å². The van der Waals surface area contributed by atoms with E-state index in [-0.39, 0.29) is 24.8 Å². The zero-order valence-corrected chi connectivity index (χ0v) is 12.2. The Morgan fingerprint density at radius 3 is 2.57 bits per heavy atom. The molecule has 0 spiro atoms. The molecule has 2 rings (SSSR count). The maximum Gasteiger partial charge on any atom is 0.251 e. The lowest BCUT2D eigenvalue weighted by Gasteiger charge is -2.21. The molecule has 0 aliphatic carbocycles. The first kappa shape index (κ1) is 15.4. The van der Waals surface area contributed by atoms with Gasteiger partial charge in [-0.3, -0.25) is 9.59 Å². The zero-order valence-electron chi connectivity index (χ0n) is 12.2. The molecule has 0 unspecified atom stereocenters. The molecule has 1 aromatic carbocycles. The van der Waals surface area contributed by atoms with E-state index >= 15 is 0 Å². The van der Waals surface area contributed by atoms with Gasteiger partial charge in [0, 0.05) is 39.2 Å². The molecular weight excluding hydrogens is 273 g/mol. The predicted molar refractivity (Wildman–Crippen MR) is 77.6 cm³/mol. The average Bonchev–Trinajstić information content (AvgIpc) is 2.93. The molecule has 1 fully saturated rings. The van der Waals surface area contributed by atoms with Gasteiger partial charge < -0.3 is 15.5 Å². The van der Waals surface area contributed by atoms with Gasteiger partial charge in [-0.1, -0.05) is 12.1 Å². The van der Waals surface area contributed by atoms with E-state index in [2.05, 4.69) is 10.6 Å². The number of benzene rings is 1. The van der Waals surface area contributed by atoms with Crippen molar-refractivity contribution in [2.45, 2.75) is 25.2 Å². The van der Waals surface area contributed by atoms with Gasteiger partial charge in [0.25, 0.3) is 5.91 Å². The summed E-state index contributed by atoms with van der Waals surface area (Å²) in [6, 6.07) is 6.63. The number of nitrogens with one attached hydrogen (secondary N) is 2. The van der Waals surface area contributed by atoms with Crippen molar-refractivity contribution in [2.24, 2.45) is 0 Å². The lowest BCUT2D eigenvalue weighted by molar-refractivity contribution is -0.132. The van der Waals surface area contributed by atoms with Gasteiger partial charge in [-0.15, -0.1) is 0 Å². The largest absolute Gasteiger partial charge is 0.355 e. The number of hydrogen-bond donors (Lipinski definition) is 2. The van der Waals surface area contributed by atoms with Crippen LogP contribution in [-0.4, -0.2) is 49.6 Å². The van der Waals surface area contributed by atoms with Crippen LogP contribution in [0, 0.1) is 0 Å². The van der Waals surface area contributed by atoms with Gasteiger partial charge in [0.15, 0.2) is 0 Å². The van der Waals surface area contributed by atoms with Crippen LogP contribution in [0.25, 0.3) is 0 Å². The van der Waals surface area contributed by atoms with E-state index < -0.39 is 12.2 Å². The third-order valence-corrected chi connectivity index (χ3v) is 3.61. The molecule has 0 aromatic heterocycles. The lowest BCUT2D eigenvalue weighted by Crippen LogP contribution is -2.41. The molecule has 1 aliphatic heterocycles. The minimum Gasteiger partial charge on any atom is -0.355 e. The monoisotopic (exact) mass is 293 g/mol. The fraction of sp³-hybridized carbons (Fsp3) is 0.467. The lowest BCUT2D eigenvalue weighted by atomic mass is 10.1. The van der Waals surface area contributed by atoms with Gasteiger partial charge in [0.05, 0.1) is 6.04 Å². The van der Waals surface area contributed by atoms with Crippen molar-refractivity contribution in [1.29, 1.82) is 0 Å². The SMILES string of the molecule is CNC(=O)c1ccc(CN(C)C(=O)[C@H]2C[C@H](F)CN2)cc1. The van der Waals surface area contributed by atoms with E-state index in [0.717, 1.165) is 5.56 Å². The van der Waals surface area contributed by atoms with Crippen molar-refractivity contribution in [2.75, 3.05) is 20.6 Å². The normalized spacial score (nSPS) is 21.1. The van der Waals surface area contributed by atoms with E-state index in [1.165, 1.54) is 0 Å². The minimum atomic E-state index is -0.945. The van der Waals surface area contributed by atoms with E-state index in [1.54, 1.807) is 31.1 Å². The highest BCUT2D eigenvalue weighted by atomic mass is 19.1. The van der Waals surface area contributed by atoms with Gasteiger partial charge in [-0.05, 0) is 17.7 Å². The molecule has 0 saturated carbocycles. The number of amides is 2. The van der Waals surface area contributed by atoms with Gasteiger partial charge >= 0.3 is 0 Å². The van der Waals surface area contributed by atoms with Crippen molar-refractivity contribution >= 4 is 11.8 Å². The second kappa shape index (κ2) is 6.67. The Labute approximate surface area is 123 Å². The fourth-order valence-corrected chi connectivity index (χ4v) is 2.40. The summed E-state index contributed by atoms with van der Waals surface area (Å²) in [5.74, 6) is -0.249. The van der Waals surface area contributed by atoms with E-state index in [4.69, 9.17) is 0 Å². The average molecular weight is 293 g/mol. The number of halogens is 1. The van der Waals surface area contributed by atoms with Crippen LogP contribution in [0.2, 0.25) is 0 Å². The van der Waals surface area contributed by atoms with Crippen molar-refractivity contribution in [3.8, 4) is 0 Å². The number of hydrogen-bond acceptors (Lipinski definition) is 3. The molecule has 1 aliphatic rings. The van der Waals surface area contributed by atoms with E-state index in [9.17, 15) is 14.0 Å². The smallest absolute Gasteiger partial charge is 0.251 e. The topological polar surface area (TPSA) is 61.4 Å². The third kappa shape index (κ3) is 3.78. The molecule has 21 heavy (non-hydrogen) atoms. The molecule has 6 heteroatoms. The van der Waals surface area contributed by atoms with Crippen molar-refractivity contribution in [3.05, 3.63) is 35.4 Å². The second-order valence-corrected chi connectivity index (χ2v) is 5.26. The number of alkyl halides is 1. The Morgan fingerprint density at radius 1 is 1.38 bits per heavy atom. The maximum atomic E-state index is 13.1. The summed E-state index contributed by atoms with van der Waals surface area (Å²) < 4.78 is 13.1. The molecule has 2 amide bonds. The Kier molecular flexibility index (Phi) is 4.90. The number of carbonyl (C=O) groups is 2. The molecule has 2 N–H and O–H groups in total. The Balaban J connectivity index is 1.94. The standard InChI is InChI=1S/C15H20FN3O2/c1-17-14(20)11-5-3-10(4-6-11)9-19(2)15(21)13-7-12(16)8-18-13/h3-6,12-13,18H,7-9H2,1-2H3,(H,17,20)/t12-,13+/m0/s1. The fourth-order valence-electron chi connectivity index (χ4n) is 2.40. The van der Waals surface area contributed by atoms with Crippen molar-refractivity contribution < 1.29 is 14.0 Å². The first-order chi connectivity index (χ1) is 10.0. The summed E-state index contributed by atoms with van der Waals surface area (Å²) >= 11 is 0. The quantitative estimate of drug-likeness (QED) is 0.859. The molecular formula is C15H20FN3O2. The van der Waals surface area contributed by atoms with E-state index in [1.807, 2.05) is 12.1 Å². The maximum absolute atomic E-state index is 13.1. The van der Waals surface area contributed by atoms with Crippen LogP contribution in [0.3, 0.4) is 0 Å². The van der Waals surface area contributed by atoms with Crippen LogP contribution >= 0.6 is 0 Å². The Morgan fingerprint density at radius 2 is 2.05 bits per heavy atom. The molecule has 114 valence electrons. The Hall–Kier alpha value is -1.95. The Bertz CT molecular complexity index is 518. The first-order valence-corrected chi connectivity index (χ1v) is 6.94. The third-order valence-electron chi connectivity index (χ3n) is 3.61. The predicted octanol–water partition coefficient (Wildman–Crippen LogP) is 0.705. The minimum absolute atomic E-state index is 0.106. The molecule has 1 saturated heterocycles. The molecule has 0 bridgehead atoms. The van der Waals surface area contributed by atoms with Crippen LogP contribution in [0.15, 0.2) is 24.3 Å². The summed E-state index contributed by atoms with van der Waals surface area (Å²) in [5, 5.41) is 5.44.